The van der Waals surface area contributed by atoms with Gasteiger partial charge in [-0.1, -0.05) is 0 Å². The largest absolute Gasteiger partial charge is 0.383 e. The molecule has 1 aromatic rings. The third kappa shape index (κ3) is 4.47. The van der Waals surface area contributed by atoms with Crippen molar-refractivity contribution < 1.29 is 9.66 Å². The lowest BCUT2D eigenvalue weighted by Crippen LogP contribution is -2.26. The van der Waals surface area contributed by atoms with E-state index in [9.17, 15) is 10.1 Å². The van der Waals surface area contributed by atoms with E-state index in [4.69, 9.17) is 10.5 Å². The molecular weight excluding hydrogens is 258 g/mol. The second kappa shape index (κ2) is 7.81. The van der Waals surface area contributed by atoms with Gasteiger partial charge in [-0.05, 0) is 44.9 Å². The summed E-state index contributed by atoms with van der Waals surface area (Å²) in [6.07, 6.45) is 1.81. The van der Waals surface area contributed by atoms with E-state index >= 15 is 0 Å². The van der Waals surface area contributed by atoms with Crippen LogP contribution < -0.4 is 11.1 Å². The fourth-order valence-corrected chi connectivity index (χ4v) is 2.14. The highest BCUT2D eigenvalue weighted by Crippen LogP contribution is 2.26. The zero-order chi connectivity index (χ0) is 15.1. The van der Waals surface area contributed by atoms with Crippen molar-refractivity contribution in [2.75, 3.05) is 25.6 Å². The van der Waals surface area contributed by atoms with E-state index < -0.39 is 0 Å². The summed E-state index contributed by atoms with van der Waals surface area (Å²) in [4.78, 5) is 10.5. The smallest absolute Gasteiger partial charge is 0.272 e. The monoisotopic (exact) mass is 281 g/mol. The molecule has 20 heavy (non-hydrogen) atoms. The number of methoxy groups -OCH3 is 1. The van der Waals surface area contributed by atoms with E-state index in [1.54, 1.807) is 20.1 Å². The van der Waals surface area contributed by atoms with E-state index in [0.29, 0.717) is 18.7 Å². The summed E-state index contributed by atoms with van der Waals surface area (Å²) in [5, 5.41) is 14.3. The summed E-state index contributed by atoms with van der Waals surface area (Å²) in [5.41, 5.74) is 8.10. The Labute approximate surface area is 119 Å². The highest BCUT2D eigenvalue weighted by molar-refractivity contribution is 5.59. The van der Waals surface area contributed by atoms with Crippen LogP contribution in [-0.2, 0) is 4.74 Å². The molecule has 0 aromatic heterocycles. The number of benzene rings is 1. The van der Waals surface area contributed by atoms with E-state index in [-0.39, 0.29) is 16.7 Å². The number of nitrogens with zero attached hydrogens (tertiary/aromatic N) is 1. The van der Waals surface area contributed by atoms with Crippen molar-refractivity contribution in [3.05, 3.63) is 33.4 Å². The number of hydrogen-bond donors (Lipinski definition) is 2. The summed E-state index contributed by atoms with van der Waals surface area (Å²) in [5.74, 6) is 0. The molecule has 1 unspecified atom stereocenters. The van der Waals surface area contributed by atoms with E-state index in [0.717, 1.165) is 24.1 Å². The minimum Gasteiger partial charge on any atom is -0.383 e. The van der Waals surface area contributed by atoms with Crippen LogP contribution in [0.2, 0.25) is 0 Å². The van der Waals surface area contributed by atoms with Gasteiger partial charge < -0.3 is 15.8 Å². The highest BCUT2D eigenvalue weighted by atomic mass is 16.6. The van der Waals surface area contributed by atoms with E-state index in [1.165, 1.54) is 0 Å². The number of aryl methyl sites for hydroxylation is 2. The Kier molecular flexibility index (Phi) is 6.41. The molecule has 6 nitrogen and oxygen atoms in total. The maximum Gasteiger partial charge on any atom is 0.272 e. The molecule has 0 aliphatic heterocycles. The molecule has 0 saturated heterocycles. The lowest BCUT2D eigenvalue weighted by Gasteiger charge is -2.20. The zero-order valence-electron chi connectivity index (χ0n) is 12.3. The molecule has 1 rings (SSSR count). The molecular formula is C14H23N3O3. The second-order valence-corrected chi connectivity index (χ2v) is 4.94. The number of anilines is 1. The van der Waals surface area contributed by atoms with Gasteiger partial charge in [-0.25, -0.2) is 0 Å². The normalized spacial score (nSPS) is 12.2. The van der Waals surface area contributed by atoms with Crippen LogP contribution in [0.1, 0.15) is 24.0 Å². The fourth-order valence-electron chi connectivity index (χ4n) is 2.14. The summed E-state index contributed by atoms with van der Waals surface area (Å²) in [6.45, 7) is 4.82. The van der Waals surface area contributed by atoms with Crippen LogP contribution >= 0.6 is 0 Å². The van der Waals surface area contributed by atoms with Crippen LogP contribution in [0.5, 0.6) is 0 Å². The van der Waals surface area contributed by atoms with Crippen LogP contribution in [0.4, 0.5) is 11.4 Å². The van der Waals surface area contributed by atoms with Gasteiger partial charge in [0, 0.05) is 30.5 Å². The van der Waals surface area contributed by atoms with Crippen molar-refractivity contribution in [2.24, 2.45) is 5.73 Å². The van der Waals surface area contributed by atoms with Crippen molar-refractivity contribution in [1.29, 1.82) is 0 Å². The van der Waals surface area contributed by atoms with Gasteiger partial charge in [0.2, 0.25) is 0 Å². The lowest BCUT2D eigenvalue weighted by atomic mass is 10.1. The Morgan fingerprint density at radius 3 is 2.65 bits per heavy atom. The Morgan fingerprint density at radius 2 is 2.10 bits per heavy atom. The van der Waals surface area contributed by atoms with Crippen LogP contribution in [0, 0.1) is 24.0 Å². The molecule has 0 amide bonds. The second-order valence-electron chi connectivity index (χ2n) is 4.94. The fraction of sp³-hybridized carbons (Fsp3) is 0.571. The molecule has 3 N–H and O–H groups in total. The Balaban J connectivity index is 2.89. The minimum atomic E-state index is -0.354. The van der Waals surface area contributed by atoms with Crippen LogP contribution in [0.25, 0.3) is 0 Å². The van der Waals surface area contributed by atoms with Crippen molar-refractivity contribution in [2.45, 2.75) is 32.7 Å². The van der Waals surface area contributed by atoms with Crippen molar-refractivity contribution in [3.63, 3.8) is 0 Å². The molecule has 0 saturated carbocycles. The first-order valence-electron chi connectivity index (χ1n) is 6.70. The topological polar surface area (TPSA) is 90.4 Å². The first kappa shape index (κ1) is 16.4. The van der Waals surface area contributed by atoms with Crippen LogP contribution in [0.15, 0.2) is 12.1 Å². The Bertz CT molecular complexity index is 463. The van der Waals surface area contributed by atoms with Gasteiger partial charge in [0.25, 0.3) is 5.69 Å². The lowest BCUT2D eigenvalue weighted by molar-refractivity contribution is -0.385. The molecule has 0 fully saturated rings. The predicted molar refractivity (Wildman–Crippen MR) is 80.1 cm³/mol. The molecule has 0 radical (unpaired) electrons. The van der Waals surface area contributed by atoms with Gasteiger partial charge in [0.05, 0.1) is 11.5 Å². The number of ether oxygens (including phenoxy) is 1. The molecule has 0 spiro atoms. The van der Waals surface area contributed by atoms with Crippen LogP contribution in [0.3, 0.4) is 0 Å². The molecule has 0 aliphatic carbocycles. The number of nitrogens with two attached hydrogens (primary N) is 1. The Hall–Kier alpha value is -1.66. The van der Waals surface area contributed by atoms with Gasteiger partial charge in [-0.15, -0.1) is 0 Å². The SMILES string of the molecule is COCC(CCCN)Nc1cc(C)c([N+](=O)[O-])cc1C. The summed E-state index contributed by atoms with van der Waals surface area (Å²) < 4.78 is 5.19. The van der Waals surface area contributed by atoms with Gasteiger partial charge >= 0.3 is 0 Å². The molecule has 0 aliphatic rings. The van der Waals surface area contributed by atoms with Gasteiger partial charge in [0.15, 0.2) is 0 Å². The summed E-state index contributed by atoms with van der Waals surface area (Å²) in [6, 6.07) is 3.58. The quantitative estimate of drug-likeness (QED) is 0.564. The third-order valence-corrected chi connectivity index (χ3v) is 3.22. The molecule has 1 aromatic carbocycles. The first-order valence-corrected chi connectivity index (χ1v) is 6.70. The van der Waals surface area contributed by atoms with Crippen molar-refractivity contribution >= 4 is 11.4 Å². The average molecular weight is 281 g/mol. The number of nitro benzene ring substituents is 1. The number of hydrogen-bond acceptors (Lipinski definition) is 5. The van der Waals surface area contributed by atoms with Crippen molar-refractivity contribution in [3.8, 4) is 0 Å². The van der Waals surface area contributed by atoms with Crippen molar-refractivity contribution in [1.82, 2.24) is 0 Å². The van der Waals surface area contributed by atoms with Crippen LogP contribution in [-0.4, -0.2) is 31.2 Å². The van der Waals surface area contributed by atoms with Gasteiger partial charge in [0.1, 0.15) is 0 Å². The third-order valence-electron chi connectivity index (χ3n) is 3.22. The molecule has 0 heterocycles. The Morgan fingerprint density at radius 1 is 1.40 bits per heavy atom. The average Bonchev–Trinajstić information content (AvgIpc) is 2.39. The highest BCUT2D eigenvalue weighted by Gasteiger charge is 2.15. The van der Waals surface area contributed by atoms with E-state index in [2.05, 4.69) is 5.32 Å². The van der Waals surface area contributed by atoms with E-state index in [1.807, 2.05) is 13.0 Å². The summed E-state index contributed by atoms with van der Waals surface area (Å²) in [7, 11) is 1.66. The molecule has 6 heteroatoms. The molecule has 112 valence electrons. The minimum absolute atomic E-state index is 0.151. The maximum atomic E-state index is 10.9. The maximum absolute atomic E-state index is 10.9. The number of rotatable bonds is 8. The van der Waals surface area contributed by atoms with Gasteiger partial charge in [-0.2, -0.15) is 0 Å². The standard InChI is InChI=1S/C14H23N3O3/c1-10-8-14(17(18)19)11(2)7-13(10)16-12(9-20-3)5-4-6-15/h7-8,12,16H,4-6,9,15H2,1-3H3. The van der Waals surface area contributed by atoms with Gasteiger partial charge in [-0.3, -0.25) is 10.1 Å². The zero-order valence-corrected chi connectivity index (χ0v) is 12.3. The molecule has 1 atom stereocenters. The number of nitro groups is 1. The molecule has 0 bridgehead atoms. The first-order chi connectivity index (χ1) is 9.49. The number of nitrogens with one attached hydrogen (secondary N) is 1. The predicted octanol–water partition coefficient (Wildman–Crippen LogP) is 2.38. The summed E-state index contributed by atoms with van der Waals surface area (Å²) >= 11 is 0.